The van der Waals surface area contributed by atoms with Gasteiger partial charge in [-0.15, -0.1) is 0 Å². The van der Waals surface area contributed by atoms with Crippen molar-refractivity contribution in [3.8, 4) is 0 Å². The molecule has 0 aromatic carbocycles. The minimum Gasteiger partial charge on any atom is -0.205 e. The van der Waals surface area contributed by atoms with E-state index in [4.69, 9.17) is 5.53 Å². The van der Waals surface area contributed by atoms with Gasteiger partial charge >= 0.3 is 0 Å². The fraction of sp³-hybridized carbons (Fsp3) is 0.750. The summed E-state index contributed by atoms with van der Waals surface area (Å²) in [6.45, 7) is 2.19. The molecule has 1 aliphatic rings. The molecule has 0 aliphatic heterocycles. The lowest BCUT2D eigenvalue weighted by molar-refractivity contribution is 0.509. The Hall–Kier alpha value is -0.660. The molecule has 1 aliphatic carbocycles. The minimum absolute atomic E-state index is 0.692. The minimum atomic E-state index is 0.692. The summed E-state index contributed by atoms with van der Waals surface area (Å²) in [5.74, 6) is 0.692. The van der Waals surface area contributed by atoms with Gasteiger partial charge in [-0.25, -0.2) is 5.53 Å². The van der Waals surface area contributed by atoms with Crippen LogP contribution >= 0.6 is 0 Å². The van der Waals surface area contributed by atoms with E-state index in [1.807, 2.05) is 0 Å². The second kappa shape index (κ2) is 3.49. The van der Waals surface area contributed by atoms with Crippen LogP contribution in [0.2, 0.25) is 0 Å². The molecule has 0 radical (unpaired) electrons. The number of hydrogen-bond acceptors (Lipinski definition) is 2. The molecule has 1 rings (SSSR count). The maximum absolute atomic E-state index is 6.82. The average molecular weight is 138 g/mol. The highest BCUT2D eigenvalue weighted by atomic mass is 15.0. The average Bonchev–Trinajstić information content (AvgIpc) is 2.05. The highest BCUT2D eigenvalue weighted by Crippen LogP contribution is 2.25. The number of rotatable bonds is 2. The third-order valence-corrected chi connectivity index (χ3v) is 2.10. The third kappa shape index (κ3) is 1.66. The largest absolute Gasteiger partial charge is 0.205 e. The smallest absolute Gasteiger partial charge is 0.0586 e. The summed E-state index contributed by atoms with van der Waals surface area (Å²) >= 11 is 0. The van der Waals surface area contributed by atoms with E-state index >= 15 is 0 Å². The van der Waals surface area contributed by atoms with Crippen molar-refractivity contribution in [2.45, 2.75) is 32.6 Å². The quantitative estimate of drug-likeness (QED) is 0.569. The molecule has 56 valence electrons. The molecule has 0 bridgehead atoms. The highest BCUT2D eigenvalue weighted by molar-refractivity contribution is 5.04. The molecule has 10 heavy (non-hydrogen) atoms. The van der Waals surface area contributed by atoms with E-state index in [0.29, 0.717) is 5.92 Å². The molecule has 0 amide bonds. The van der Waals surface area contributed by atoms with Gasteiger partial charge in [0.05, 0.1) is 5.70 Å². The Morgan fingerprint density at radius 2 is 2.60 bits per heavy atom. The molecular weight excluding hydrogens is 124 g/mol. The van der Waals surface area contributed by atoms with Gasteiger partial charge in [-0.05, 0) is 31.6 Å². The number of nitrogens with one attached hydrogen (secondary N) is 1. The maximum Gasteiger partial charge on any atom is 0.0586 e. The predicted octanol–water partition coefficient (Wildman–Crippen LogP) is 3.11. The highest BCUT2D eigenvalue weighted by Gasteiger charge is 2.10. The van der Waals surface area contributed by atoms with E-state index < -0.39 is 0 Å². The molecule has 1 N–H and O–H groups in total. The topological polar surface area (TPSA) is 36.2 Å². The van der Waals surface area contributed by atoms with Crippen LogP contribution < -0.4 is 0 Å². The fourth-order valence-electron chi connectivity index (χ4n) is 1.40. The van der Waals surface area contributed by atoms with E-state index in [9.17, 15) is 0 Å². The van der Waals surface area contributed by atoms with Crippen molar-refractivity contribution in [2.24, 2.45) is 11.0 Å². The zero-order valence-electron chi connectivity index (χ0n) is 6.43. The summed E-state index contributed by atoms with van der Waals surface area (Å²) in [6.07, 6.45) is 6.86. The van der Waals surface area contributed by atoms with Crippen molar-refractivity contribution >= 4 is 0 Å². The lowest BCUT2D eigenvalue weighted by Gasteiger charge is -2.15. The van der Waals surface area contributed by atoms with Crippen molar-refractivity contribution in [2.75, 3.05) is 0 Å². The van der Waals surface area contributed by atoms with E-state index in [1.165, 1.54) is 19.3 Å². The van der Waals surface area contributed by atoms with Crippen molar-refractivity contribution < 1.29 is 0 Å². The summed E-state index contributed by atoms with van der Waals surface area (Å²) in [6, 6.07) is 0. The second-order valence-corrected chi connectivity index (χ2v) is 2.83. The second-order valence-electron chi connectivity index (χ2n) is 2.83. The van der Waals surface area contributed by atoms with Crippen LogP contribution in [0.3, 0.4) is 0 Å². The number of hydrogen-bond donors (Lipinski definition) is 1. The number of nitrogens with zero attached hydrogens (tertiary/aromatic N) is 1. The van der Waals surface area contributed by atoms with Gasteiger partial charge in [0, 0.05) is 0 Å². The Balaban J connectivity index is 2.56. The summed E-state index contributed by atoms with van der Waals surface area (Å²) in [5, 5.41) is 3.46. The third-order valence-electron chi connectivity index (χ3n) is 2.10. The van der Waals surface area contributed by atoms with Crippen molar-refractivity contribution in [1.29, 1.82) is 5.53 Å². The molecular formula is C8H14N2. The van der Waals surface area contributed by atoms with E-state index in [-0.39, 0.29) is 0 Å². The van der Waals surface area contributed by atoms with Crippen molar-refractivity contribution in [3.05, 3.63) is 11.8 Å². The Kier molecular flexibility index (Phi) is 2.60. The molecule has 0 spiro atoms. The zero-order chi connectivity index (χ0) is 7.40. The Labute approximate surface area is 61.8 Å². The van der Waals surface area contributed by atoms with Crippen molar-refractivity contribution in [1.82, 2.24) is 0 Å². The van der Waals surface area contributed by atoms with Crippen LogP contribution in [-0.2, 0) is 0 Å². The van der Waals surface area contributed by atoms with Crippen LogP contribution in [-0.4, -0.2) is 0 Å². The molecule has 0 heterocycles. The summed E-state index contributed by atoms with van der Waals surface area (Å²) < 4.78 is 0. The molecule has 2 nitrogen and oxygen atoms in total. The maximum atomic E-state index is 6.82. The van der Waals surface area contributed by atoms with Gasteiger partial charge in [0.2, 0.25) is 0 Å². The SMILES string of the molecule is CCC1C=C(N=N)CCC1. The first-order valence-electron chi connectivity index (χ1n) is 3.95. The van der Waals surface area contributed by atoms with Crippen LogP contribution in [0.5, 0.6) is 0 Å². The molecule has 0 aromatic heterocycles. The van der Waals surface area contributed by atoms with Gasteiger partial charge < -0.3 is 0 Å². The zero-order valence-corrected chi connectivity index (χ0v) is 6.43. The summed E-state index contributed by atoms with van der Waals surface area (Å²) in [7, 11) is 0. The Bertz CT molecular complexity index is 149. The first kappa shape index (κ1) is 7.45. The van der Waals surface area contributed by atoms with Crippen molar-refractivity contribution in [3.63, 3.8) is 0 Å². The van der Waals surface area contributed by atoms with Gasteiger partial charge in [0.15, 0.2) is 0 Å². The number of allylic oxidation sites excluding steroid dienone is 2. The standard InChI is InChI=1S/C8H14N2/c1-2-7-4-3-5-8(6-7)10-9/h6-7,9H,2-5H2,1H3. The van der Waals surface area contributed by atoms with E-state index in [0.717, 1.165) is 12.1 Å². The molecule has 0 saturated carbocycles. The molecule has 1 unspecified atom stereocenters. The molecule has 0 aromatic rings. The molecule has 1 atom stereocenters. The normalized spacial score (nSPS) is 25.7. The van der Waals surface area contributed by atoms with Gasteiger partial charge in [0.25, 0.3) is 0 Å². The van der Waals surface area contributed by atoms with E-state index in [2.05, 4.69) is 18.1 Å². The molecule has 0 saturated heterocycles. The van der Waals surface area contributed by atoms with E-state index in [1.54, 1.807) is 0 Å². The van der Waals surface area contributed by atoms with Crippen LogP contribution in [0.15, 0.2) is 16.9 Å². The molecule has 0 fully saturated rings. The van der Waals surface area contributed by atoms with Gasteiger partial charge in [0.1, 0.15) is 0 Å². The van der Waals surface area contributed by atoms with Crippen LogP contribution in [0.1, 0.15) is 32.6 Å². The Morgan fingerprint density at radius 1 is 1.80 bits per heavy atom. The van der Waals surface area contributed by atoms with Gasteiger partial charge in [-0.3, -0.25) is 0 Å². The van der Waals surface area contributed by atoms with Gasteiger partial charge in [-0.1, -0.05) is 13.0 Å². The Morgan fingerprint density at radius 3 is 3.20 bits per heavy atom. The lowest BCUT2D eigenvalue weighted by Crippen LogP contribution is -2.01. The monoisotopic (exact) mass is 138 g/mol. The summed E-state index contributed by atoms with van der Waals surface area (Å²) in [4.78, 5) is 0. The lowest BCUT2D eigenvalue weighted by atomic mass is 9.92. The van der Waals surface area contributed by atoms with Crippen LogP contribution in [0, 0.1) is 11.4 Å². The summed E-state index contributed by atoms with van der Waals surface area (Å²) in [5.41, 5.74) is 7.80. The van der Waals surface area contributed by atoms with Crippen LogP contribution in [0.25, 0.3) is 0 Å². The first-order chi connectivity index (χ1) is 4.86. The fourth-order valence-corrected chi connectivity index (χ4v) is 1.40. The van der Waals surface area contributed by atoms with Crippen LogP contribution in [0.4, 0.5) is 0 Å². The first-order valence-corrected chi connectivity index (χ1v) is 3.95. The predicted molar refractivity (Wildman–Crippen MR) is 40.9 cm³/mol. The van der Waals surface area contributed by atoms with Gasteiger partial charge in [-0.2, -0.15) is 5.11 Å². The molecule has 2 heteroatoms.